The van der Waals surface area contributed by atoms with E-state index in [2.05, 4.69) is 11.0 Å². The molecule has 0 aromatic heterocycles. The number of carbonyl (C=O) groups is 3. The zero-order chi connectivity index (χ0) is 37.4. The number of carboxylic acids is 1. The molecule has 4 aliphatic rings. The van der Waals surface area contributed by atoms with E-state index in [-0.39, 0.29) is 23.9 Å². The summed E-state index contributed by atoms with van der Waals surface area (Å²) in [5.74, 6) is -2.25. The Hall–Kier alpha value is -3.69. The van der Waals surface area contributed by atoms with E-state index in [1.54, 1.807) is 12.1 Å². The third-order valence-electron chi connectivity index (χ3n) is 11.1. The van der Waals surface area contributed by atoms with Gasteiger partial charge in [-0.25, -0.2) is 9.52 Å². The van der Waals surface area contributed by atoms with Crippen LogP contribution in [0.3, 0.4) is 0 Å². The molecule has 15 heteroatoms. The molecule has 3 N–H and O–H groups in total. The Bertz CT molecular complexity index is 1860. The van der Waals surface area contributed by atoms with Gasteiger partial charge in [-0.1, -0.05) is 35.9 Å². The summed E-state index contributed by atoms with van der Waals surface area (Å²) in [6.45, 7) is 1.22. The first kappa shape index (κ1) is 38.0. The highest BCUT2D eigenvalue weighted by Gasteiger charge is 2.47. The van der Waals surface area contributed by atoms with Crippen LogP contribution in [0.4, 0.5) is 5.69 Å². The Morgan fingerprint density at radius 1 is 1.17 bits per heavy atom. The first-order valence-corrected chi connectivity index (χ1v) is 19.5. The fourth-order valence-corrected chi connectivity index (χ4v) is 8.76. The van der Waals surface area contributed by atoms with Gasteiger partial charge in [-0.15, -0.1) is 0 Å². The third-order valence-corrected chi connectivity index (χ3v) is 12.8. The maximum absolute atomic E-state index is 13.9. The molecule has 2 amide bonds. The van der Waals surface area contributed by atoms with E-state index < -0.39 is 58.1 Å². The third kappa shape index (κ3) is 7.67. The summed E-state index contributed by atoms with van der Waals surface area (Å²) in [7, 11) is -0.283. The molecule has 13 nitrogen and oxygen atoms in total. The average molecular weight is 759 g/mol. The number of aryl methyl sites for hydroxylation is 1. The lowest BCUT2D eigenvalue weighted by atomic mass is 9.68. The van der Waals surface area contributed by atoms with Gasteiger partial charge in [0.05, 0.1) is 24.8 Å². The van der Waals surface area contributed by atoms with Crippen molar-refractivity contribution < 1.29 is 42.5 Å². The fourth-order valence-electron chi connectivity index (χ4n) is 7.98. The molecule has 2 aliphatic heterocycles. The van der Waals surface area contributed by atoms with Crippen LogP contribution in [-0.4, -0.2) is 106 Å². The van der Waals surface area contributed by atoms with Crippen LogP contribution in [0, 0.1) is 11.8 Å². The van der Waals surface area contributed by atoms with E-state index in [0.717, 1.165) is 47.5 Å². The molecule has 282 valence electrons. The van der Waals surface area contributed by atoms with Crippen LogP contribution in [0.1, 0.15) is 55.2 Å². The van der Waals surface area contributed by atoms with Crippen LogP contribution in [0.2, 0.25) is 5.02 Å². The lowest BCUT2D eigenvalue weighted by Crippen LogP contribution is -2.52. The van der Waals surface area contributed by atoms with Crippen molar-refractivity contribution in [3.63, 3.8) is 0 Å². The molecule has 2 aliphatic carbocycles. The highest BCUT2D eigenvalue weighted by Crippen LogP contribution is 2.48. The van der Waals surface area contributed by atoms with Crippen LogP contribution in [0.5, 0.6) is 5.75 Å². The Morgan fingerprint density at radius 2 is 1.96 bits per heavy atom. The normalized spacial score (nSPS) is 28.6. The summed E-state index contributed by atoms with van der Waals surface area (Å²) in [4.78, 5) is 42.6. The minimum atomic E-state index is -4.32. The number of amides is 2. The lowest BCUT2D eigenvalue weighted by Gasteiger charge is -2.46. The van der Waals surface area contributed by atoms with Crippen molar-refractivity contribution in [1.82, 2.24) is 13.9 Å². The number of benzene rings is 2. The fraction of sp³-hybridized carbons (Fsp3) is 0.541. The number of fused-ring (bicyclic) bond motifs is 4. The zero-order valence-electron chi connectivity index (χ0n) is 29.7. The van der Waals surface area contributed by atoms with Gasteiger partial charge in [0.2, 0.25) is 5.91 Å². The molecule has 2 heterocycles. The standard InChI is InChI=1S/C37H47ClN4O9S/c1-40(2)52(48,49)39-35(46)37(47)19-33(43)41(3)16-5-4-8-31(50-21-34(44)45)28-12-9-25(28)20-42-22-36(23-51-32-14-10-26(37)18-30(32)42)15-6-7-24-17-27(38)11-13-29(24)36/h4,8,10-11,13-14,17-18,25,28,31,47H,5-7,9,12,15-16,19-23H2,1-3H3,(H,39,46)(H,44,45)/b8-4-/t25-,28+,31-,36-,37+/m0/s1. The van der Waals surface area contributed by atoms with Gasteiger partial charge in [0, 0.05) is 51.2 Å². The number of carboxylic acid groups (broad SMARTS) is 1. The molecule has 1 saturated carbocycles. The Balaban J connectivity index is 1.47. The first-order valence-electron chi connectivity index (χ1n) is 17.6. The predicted molar refractivity (Wildman–Crippen MR) is 194 cm³/mol. The molecule has 0 unspecified atom stereocenters. The minimum Gasteiger partial charge on any atom is -0.490 e. The molecular formula is C37H47ClN4O9S. The molecule has 2 aromatic rings. The number of nitrogens with zero attached hydrogens (tertiary/aromatic N) is 3. The first-order chi connectivity index (χ1) is 24.6. The number of aliphatic carboxylic acids is 1. The van der Waals surface area contributed by atoms with Crippen molar-refractivity contribution in [1.29, 1.82) is 0 Å². The van der Waals surface area contributed by atoms with Crippen LogP contribution < -0.4 is 14.4 Å². The van der Waals surface area contributed by atoms with Gasteiger partial charge in [-0.2, -0.15) is 12.7 Å². The smallest absolute Gasteiger partial charge is 0.329 e. The molecule has 6 rings (SSSR count). The second-order valence-electron chi connectivity index (χ2n) is 14.7. The summed E-state index contributed by atoms with van der Waals surface area (Å²) in [5, 5.41) is 22.3. The number of carbonyl (C=O) groups excluding carboxylic acids is 2. The maximum Gasteiger partial charge on any atom is 0.329 e. The summed E-state index contributed by atoms with van der Waals surface area (Å²) in [6, 6.07) is 10.8. The number of ether oxygens (including phenoxy) is 2. The lowest BCUT2D eigenvalue weighted by molar-refractivity contribution is -0.148. The van der Waals surface area contributed by atoms with E-state index >= 15 is 0 Å². The molecule has 52 heavy (non-hydrogen) atoms. The summed E-state index contributed by atoms with van der Waals surface area (Å²) in [5.41, 5.74) is -0.0446. The molecular weight excluding hydrogens is 712 g/mol. The van der Waals surface area contributed by atoms with Gasteiger partial charge in [0.15, 0.2) is 5.60 Å². The molecule has 5 atom stereocenters. The van der Waals surface area contributed by atoms with Gasteiger partial charge < -0.3 is 29.5 Å². The van der Waals surface area contributed by atoms with E-state index in [1.165, 1.54) is 32.1 Å². The highest BCUT2D eigenvalue weighted by atomic mass is 35.5. The molecule has 0 saturated heterocycles. The summed E-state index contributed by atoms with van der Waals surface area (Å²) >= 11 is 6.43. The summed E-state index contributed by atoms with van der Waals surface area (Å²) in [6.07, 6.45) is 7.32. The monoisotopic (exact) mass is 758 g/mol. The second-order valence-corrected chi connectivity index (χ2v) is 17.1. The average Bonchev–Trinajstić information content (AvgIpc) is 3.22. The van der Waals surface area contributed by atoms with Gasteiger partial charge in [-0.3, -0.25) is 9.59 Å². The highest BCUT2D eigenvalue weighted by molar-refractivity contribution is 7.87. The van der Waals surface area contributed by atoms with E-state index in [4.69, 9.17) is 21.1 Å². The summed E-state index contributed by atoms with van der Waals surface area (Å²) < 4.78 is 40.9. The van der Waals surface area contributed by atoms with Crippen molar-refractivity contribution in [2.45, 2.75) is 62.1 Å². The van der Waals surface area contributed by atoms with E-state index in [0.29, 0.717) is 42.6 Å². The van der Waals surface area contributed by atoms with Crippen molar-refractivity contribution in [3.8, 4) is 5.75 Å². The largest absolute Gasteiger partial charge is 0.490 e. The van der Waals surface area contributed by atoms with Crippen molar-refractivity contribution >= 4 is 45.3 Å². The van der Waals surface area contributed by atoms with Crippen molar-refractivity contribution in [3.05, 3.63) is 70.3 Å². The number of nitrogens with one attached hydrogen (secondary N) is 1. The van der Waals surface area contributed by atoms with Gasteiger partial charge >= 0.3 is 16.2 Å². The molecule has 1 fully saturated rings. The van der Waals surface area contributed by atoms with Gasteiger partial charge in [0.25, 0.3) is 5.91 Å². The molecule has 2 bridgehead atoms. The maximum atomic E-state index is 13.9. The van der Waals surface area contributed by atoms with E-state index in [1.807, 2.05) is 29.0 Å². The Labute approximate surface area is 309 Å². The number of anilines is 1. The number of aliphatic hydroxyl groups is 1. The quantitative estimate of drug-likeness (QED) is 0.373. The topological polar surface area (TPSA) is 166 Å². The number of hydrogen-bond donors (Lipinski definition) is 3. The van der Waals surface area contributed by atoms with Gasteiger partial charge in [0.1, 0.15) is 12.4 Å². The Kier molecular flexibility index (Phi) is 11.0. The van der Waals surface area contributed by atoms with Crippen molar-refractivity contribution in [2.75, 3.05) is 58.9 Å². The van der Waals surface area contributed by atoms with Crippen LogP contribution in [-0.2, 0) is 46.8 Å². The SMILES string of the molecule is CN1CC/C=C\[C@H](OCC(=O)O)[C@@H]2CC[C@H]2CN2C[C@@]3(CCCc4cc(Cl)ccc43)COc3ccc(cc32)[C@@](O)(C(=O)NS(=O)(=O)N(C)C)CC1=O. The Morgan fingerprint density at radius 3 is 2.67 bits per heavy atom. The van der Waals surface area contributed by atoms with Crippen LogP contribution in [0.25, 0.3) is 0 Å². The predicted octanol–water partition coefficient (Wildman–Crippen LogP) is 3.23. The zero-order valence-corrected chi connectivity index (χ0v) is 31.3. The second kappa shape index (κ2) is 15.0. The van der Waals surface area contributed by atoms with Gasteiger partial charge in [-0.05, 0) is 91.3 Å². The molecule has 0 radical (unpaired) electrons. The number of rotatable bonds is 6. The minimum absolute atomic E-state index is 0.0195. The number of halogens is 1. The number of hydrogen-bond acceptors (Lipinski definition) is 9. The van der Waals surface area contributed by atoms with E-state index in [9.17, 15) is 33.0 Å². The van der Waals surface area contributed by atoms with Crippen LogP contribution >= 0.6 is 11.6 Å². The van der Waals surface area contributed by atoms with Crippen molar-refractivity contribution in [2.24, 2.45) is 11.8 Å². The van der Waals surface area contributed by atoms with Crippen LogP contribution in [0.15, 0.2) is 48.6 Å². The molecule has 1 spiro atoms. The molecule has 2 aromatic carbocycles.